The molecule has 0 saturated carbocycles. The van der Waals surface area contributed by atoms with Crippen molar-refractivity contribution in [2.45, 2.75) is 0 Å². The van der Waals surface area contributed by atoms with Crippen molar-refractivity contribution in [3.8, 4) is 5.75 Å². The average Bonchev–Trinajstić information content (AvgIpc) is 2.96. The van der Waals surface area contributed by atoms with E-state index in [0.29, 0.717) is 27.1 Å². The number of esters is 1. The third-order valence-electron chi connectivity index (χ3n) is 4.00. The van der Waals surface area contributed by atoms with Crippen molar-refractivity contribution in [1.82, 2.24) is 4.90 Å². The molecule has 1 amide bonds. The zero-order valence-corrected chi connectivity index (χ0v) is 17.8. The van der Waals surface area contributed by atoms with Crippen LogP contribution in [0.3, 0.4) is 0 Å². The molecule has 1 saturated heterocycles. The number of likely N-dealkylation sites (N-methyl/N-ethyl adjacent to an activating group) is 1. The molecule has 0 aliphatic carbocycles. The maximum absolute atomic E-state index is 12.6. The largest absolute Gasteiger partial charge is 0.496 e. The number of rotatable bonds is 4. The number of carbonyl (C=O) groups excluding carboxylic acids is 2. The van der Waals surface area contributed by atoms with E-state index in [2.05, 4.69) is 25.7 Å². The van der Waals surface area contributed by atoms with Crippen LogP contribution in [0.15, 0.2) is 56.8 Å². The number of ether oxygens (including phenoxy) is 2. The number of amides is 1. The summed E-state index contributed by atoms with van der Waals surface area (Å²) < 4.78 is 10.9. The molecule has 1 aliphatic heterocycles. The second-order valence-electron chi connectivity index (χ2n) is 5.79. The molecule has 144 valence electrons. The summed E-state index contributed by atoms with van der Waals surface area (Å²) in [7, 11) is 4.60. The lowest BCUT2D eigenvalue weighted by molar-refractivity contribution is -0.121. The van der Waals surface area contributed by atoms with Crippen LogP contribution < -0.4 is 4.74 Å². The summed E-state index contributed by atoms with van der Waals surface area (Å²) in [6.07, 6.45) is 1.79. The topological polar surface area (TPSA) is 68.2 Å². The minimum absolute atomic E-state index is 0.142. The second-order valence-corrected chi connectivity index (χ2v) is 7.72. The average molecular weight is 461 g/mol. The van der Waals surface area contributed by atoms with E-state index in [9.17, 15) is 9.59 Å². The fourth-order valence-corrected chi connectivity index (χ4v) is 3.87. The molecule has 1 fully saturated rings. The van der Waals surface area contributed by atoms with Gasteiger partial charge in [-0.05, 0) is 60.3 Å². The lowest BCUT2D eigenvalue weighted by Gasteiger charge is -2.07. The highest BCUT2D eigenvalue weighted by atomic mass is 79.9. The van der Waals surface area contributed by atoms with Gasteiger partial charge in [-0.3, -0.25) is 9.69 Å². The minimum Gasteiger partial charge on any atom is -0.496 e. The summed E-state index contributed by atoms with van der Waals surface area (Å²) in [5.74, 6) is 0.127. The van der Waals surface area contributed by atoms with Gasteiger partial charge in [-0.25, -0.2) is 9.79 Å². The number of halogens is 1. The number of amidine groups is 1. The molecule has 0 unspecified atom stereocenters. The standard InChI is InChI=1S/C20H17BrN2O4S/c1-23-18(24)17(11-13-10-14(21)6-9-16(13)26-2)28-20(23)22-15-7-4-12(5-8-15)19(25)27-3/h4-11H,1-3H3. The first-order chi connectivity index (χ1) is 13.4. The second kappa shape index (κ2) is 8.62. The van der Waals surface area contributed by atoms with E-state index >= 15 is 0 Å². The molecule has 0 bridgehead atoms. The van der Waals surface area contributed by atoms with E-state index in [0.717, 1.165) is 10.0 Å². The number of hydrogen-bond acceptors (Lipinski definition) is 6. The zero-order chi connectivity index (χ0) is 20.3. The van der Waals surface area contributed by atoms with Crippen molar-refractivity contribution in [3.05, 3.63) is 63.0 Å². The molecule has 0 aromatic heterocycles. The Bertz CT molecular complexity index is 986. The van der Waals surface area contributed by atoms with Crippen molar-refractivity contribution < 1.29 is 19.1 Å². The molecular formula is C20H17BrN2O4S. The van der Waals surface area contributed by atoms with Gasteiger partial charge in [0.15, 0.2) is 5.17 Å². The Morgan fingerprint density at radius 3 is 2.54 bits per heavy atom. The molecule has 1 heterocycles. The van der Waals surface area contributed by atoms with Crippen LogP contribution in [0.1, 0.15) is 15.9 Å². The molecule has 2 aromatic rings. The fourth-order valence-electron chi connectivity index (χ4n) is 2.51. The zero-order valence-electron chi connectivity index (χ0n) is 15.4. The summed E-state index contributed by atoms with van der Waals surface area (Å²) in [4.78, 5) is 30.7. The Hall–Kier alpha value is -2.58. The number of benzene rings is 2. The van der Waals surface area contributed by atoms with Gasteiger partial charge in [0, 0.05) is 17.1 Å². The number of aliphatic imine (C=N–C) groups is 1. The van der Waals surface area contributed by atoms with Gasteiger partial charge in [-0.2, -0.15) is 0 Å². The smallest absolute Gasteiger partial charge is 0.337 e. The summed E-state index contributed by atoms with van der Waals surface area (Å²) in [6, 6.07) is 12.3. The Balaban J connectivity index is 1.88. The van der Waals surface area contributed by atoms with E-state index < -0.39 is 5.97 Å². The summed E-state index contributed by atoms with van der Waals surface area (Å²) in [5.41, 5.74) is 1.87. The van der Waals surface area contributed by atoms with Crippen LogP contribution in [0.2, 0.25) is 0 Å². The summed E-state index contributed by atoms with van der Waals surface area (Å²) in [6.45, 7) is 0. The normalized spacial score (nSPS) is 16.7. The van der Waals surface area contributed by atoms with Gasteiger partial charge in [-0.1, -0.05) is 15.9 Å². The lowest BCUT2D eigenvalue weighted by atomic mass is 10.2. The Morgan fingerprint density at radius 1 is 1.18 bits per heavy atom. The van der Waals surface area contributed by atoms with Crippen LogP contribution in [0, 0.1) is 0 Å². The quantitative estimate of drug-likeness (QED) is 0.496. The first-order valence-electron chi connectivity index (χ1n) is 8.21. The van der Waals surface area contributed by atoms with Crippen molar-refractivity contribution in [2.75, 3.05) is 21.3 Å². The van der Waals surface area contributed by atoms with Crippen molar-refractivity contribution in [2.24, 2.45) is 4.99 Å². The van der Waals surface area contributed by atoms with Crippen LogP contribution in [0.25, 0.3) is 6.08 Å². The number of hydrogen-bond donors (Lipinski definition) is 0. The highest BCUT2D eigenvalue weighted by Gasteiger charge is 2.30. The van der Waals surface area contributed by atoms with E-state index in [-0.39, 0.29) is 5.91 Å². The predicted octanol–water partition coefficient (Wildman–Crippen LogP) is 4.48. The first kappa shape index (κ1) is 20.2. The van der Waals surface area contributed by atoms with Gasteiger partial charge in [0.1, 0.15) is 5.75 Å². The van der Waals surface area contributed by atoms with Crippen LogP contribution in [0.5, 0.6) is 5.75 Å². The third-order valence-corrected chi connectivity index (χ3v) is 5.55. The van der Waals surface area contributed by atoms with Gasteiger partial charge in [-0.15, -0.1) is 0 Å². The van der Waals surface area contributed by atoms with Gasteiger partial charge in [0.05, 0.1) is 30.4 Å². The maximum atomic E-state index is 12.6. The van der Waals surface area contributed by atoms with Crippen LogP contribution in [-0.2, 0) is 9.53 Å². The highest BCUT2D eigenvalue weighted by molar-refractivity contribution is 9.10. The monoisotopic (exact) mass is 460 g/mol. The SMILES string of the molecule is COC(=O)c1ccc(N=C2SC(=Cc3cc(Br)ccc3OC)C(=O)N2C)cc1. The molecule has 6 nitrogen and oxygen atoms in total. The lowest BCUT2D eigenvalue weighted by Crippen LogP contribution is -2.23. The summed E-state index contributed by atoms with van der Waals surface area (Å²) in [5, 5.41) is 0.552. The van der Waals surface area contributed by atoms with E-state index in [1.54, 1.807) is 44.5 Å². The molecular weight excluding hydrogens is 444 g/mol. The molecule has 8 heteroatoms. The van der Waals surface area contributed by atoms with E-state index in [1.165, 1.54) is 23.8 Å². The van der Waals surface area contributed by atoms with Crippen molar-refractivity contribution >= 4 is 56.5 Å². The van der Waals surface area contributed by atoms with Gasteiger partial charge >= 0.3 is 5.97 Å². The molecule has 0 radical (unpaired) electrons. The molecule has 0 spiro atoms. The predicted molar refractivity (Wildman–Crippen MR) is 114 cm³/mol. The van der Waals surface area contributed by atoms with Gasteiger partial charge in [0.2, 0.25) is 0 Å². The molecule has 28 heavy (non-hydrogen) atoms. The fraction of sp³-hybridized carbons (Fsp3) is 0.150. The van der Waals surface area contributed by atoms with Crippen LogP contribution in [0.4, 0.5) is 5.69 Å². The number of methoxy groups -OCH3 is 2. The van der Waals surface area contributed by atoms with E-state index in [4.69, 9.17) is 4.74 Å². The van der Waals surface area contributed by atoms with Crippen LogP contribution >= 0.6 is 27.7 Å². The first-order valence-corrected chi connectivity index (χ1v) is 9.82. The molecule has 1 aliphatic rings. The number of thioether (sulfide) groups is 1. The molecule has 2 aromatic carbocycles. The number of nitrogens with zero attached hydrogens (tertiary/aromatic N) is 2. The molecule has 3 rings (SSSR count). The number of carbonyl (C=O) groups is 2. The maximum Gasteiger partial charge on any atom is 0.337 e. The molecule has 0 N–H and O–H groups in total. The Kier molecular flexibility index (Phi) is 6.21. The van der Waals surface area contributed by atoms with E-state index in [1.807, 2.05) is 18.2 Å². The Labute approximate surface area is 175 Å². The Morgan fingerprint density at radius 2 is 1.89 bits per heavy atom. The third kappa shape index (κ3) is 4.28. The summed E-state index contributed by atoms with van der Waals surface area (Å²) >= 11 is 4.72. The van der Waals surface area contributed by atoms with Crippen molar-refractivity contribution in [1.29, 1.82) is 0 Å². The highest BCUT2D eigenvalue weighted by Crippen LogP contribution is 2.35. The molecule has 0 atom stereocenters. The van der Waals surface area contributed by atoms with Crippen LogP contribution in [-0.4, -0.2) is 43.2 Å². The van der Waals surface area contributed by atoms with Crippen molar-refractivity contribution in [3.63, 3.8) is 0 Å². The van der Waals surface area contributed by atoms with Gasteiger partial charge in [0.25, 0.3) is 5.91 Å². The van der Waals surface area contributed by atoms with Gasteiger partial charge < -0.3 is 9.47 Å². The minimum atomic E-state index is -0.407.